The van der Waals surface area contributed by atoms with E-state index in [1.165, 1.54) is 0 Å². The van der Waals surface area contributed by atoms with Gasteiger partial charge in [-0.3, -0.25) is 10.9 Å². The van der Waals surface area contributed by atoms with E-state index in [-0.39, 0.29) is 0 Å². The summed E-state index contributed by atoms with van der Waals surface area (Å²) in [5.74, 6) is 0. The van der Waals surface area contributed by atoms with Crippen LogP contribution in [0.2, 0.25) is 6.04 Å². The molecule has 0 atom stereocenters. The molecule has 0 heterocycles. The van der Waals surface area contributed by atoms with Crippen LogP contribution in [-0.4, -0.2) is 75.9 Å². The molecule has 0 aromatic carbocycles. The molecule has 0 aliphatic rings. The molecule has 0 rings (SSSR count). The molecule has 128 valence electrons. The van der Waals surface area contributed by atoms with Crippen molar-refractivity contribution in [3.8, 4) is 0 Å². The van der Waals surface area contributed by atoms with E-state index in [9.17, 15) is 0 Å². The summed E-state index contributed by atoms with van der Waals surface area (Å²) in [6, 6.07) is 0.802. The van der Waals surface area contributed by atoms with Gasteiger partial charge in [0.25, 0.3) is 0 Å². The SMILES string of the molecule is CO[Si](CCCNNCCNCCNCCN)(OC)OC. The van der Waals surface area contributed by atoms with Crippen LogP contribution in [0.25, 0.3) is 0 Å². The normalized spacial score (nSPS) is 12.0. The van der Waals surface area contributed by atoms with E-state index in [1.54, 1.807) is 21.3 Å². The molecule has 0 bridgehead atoms. The third kappa shape index (κ3) is 11.2. The average molecular weight is 324 g/mol. The highest BCUT2D eigenvalue weighted by Crippen LogP contribution is 2.13. The second-order valence-corrected chi connectivity index (χ2v) is 7.63. The van der Waals surface area contributed by atoms with Crippen LogP contribution in [0.1, 0.15) is 6.42 Å². The van der Waals surface area contributed by atoms with Gasteiger partial charge in [0.15, 0.2) is 0 Å². The highest BCUT2D eigenvalue weighted by molar-refractivity contribution is 6.60. The molecule has 0 spiro atoms. The Morgan fingerprint density at radius 1 is 0.762 bits per heavy atom. The van der Waals surface area contributed by atoms with Gasteiger partial charge in [-0.25, -0.2) is 0 Å². The van der Waals surface area contributed by atoms with E-state index in [0.717, 1.165) is 51.7 Å². The summed E-state index contributed by atoms with van der Waals surface area (Å²) in [6.45, 7) is 6.10. The molecular weight excluding hydrogens is 290 g/mol. The lowest BCUT2D eigenvalue weighted by atomic mass is 10.5. The monoisotopic (exact) mass is 323 g/mol. The minimum absolute atomic E-state index is 0.685. The zero-order valence-corrected chi connectivity index (χ0v) is 14.7. The van der Waals surface area contributed by atoms with Crippen LogP contribution >= 0.6 is 0 Å². The molecule has 9 heteroatoms. The summed E-state index contributed by atoms with van der Waals surface area (Å²) in [7, 11) is 2.50. The molecule has 0 aromatic heterocycles. The summed E-state index contributed by atoms with van der Waals surface area (Å²) in [6.07, 6.45) is 0.936. The largest absolute Gasteiger partial charge is 0.500 e. The summed E-state index contributed by atoms with van der Waals surface area (Å²) in [5.41, 5.74) is 11.7. The predicted molar refractivity (Wildman–Crippen MR) is 87.0 cm³/mol. The Morgan fingerprint density at radius 3 is 1.86 bits per heavy atom. The summed E-state index contributed by atoms with van der Waals surface area (Å²) < 4.78 is 16.1. The first-order valence-electron chi connectivity index (χ1n) is 7.47. The van der Waals surface area contributed by atoms with Crippen LogP contribution in [0, 0.1) is 0 Å². The van der Waals surface area contributed by atoms with Gasteiger partial charge in [0.2, 0.25) is 0 Å². The first kappa shape index (κ1) is 20.9. The van der Waals surface area contributed by atoms with Gasteiger partial charge in [-0.2, -0.15) is 0 Å². The molecule has 0 radical (unpaired) electrons. The van der Waals surface area contributed by atoms with Crippen molar-refractivity contribution in [1.82, 2.24) is 21.5 Å². The molecule has 0 saturated heterocycles. The molecule has 0 fully saturated rings. The Morgan fingerprint density at radius 2 is 1.29 bits per heavy atom. The molecule has 21 heavy (non-hydrogen) atoms. The zero-order valence-electron chi connectivity index (χ0n) is 13.7. The Kier molecular flexibility index (Phi) is 14.7. The highest BCUT2D eigenvalue weighted by atomic mass is 28.4. The Hall–Kier alpha value is -0.103. The van der Waals surface area contributed by atoms with E-state index >= 15 is 0 Å². The second-order valence-electron chi connectivity index (χ2n) is 4.54. The fraction of sp³-hybridized carbons (Fsp3) is 1.00. The zero-order chi connectivity index (χ0) is 15.8. The topological polar surface area (TPSA) is 102 Å². The molecule has 0 aliphatic heterocycles. The summed E-state index contributed by atoms with van der Waals surface area (Å²) in [4.78, 5) is 0. The van der Waals surface area contributed by atoms with E-state index in [0.29, 0.717) is 6.54 Å². The van der Waals surface area contributed by atoms with Gasteiger partial charge in [0.05, 0.1) is 0 Å². The lowest BCUT2D eigenvalue weighted by Gasteiger charge is -2.24. The third-order valence-electron chi connectivity index (χ3n) is 3.07. The molecule has 0 aliphatic carbocycles. The molecule has 0 amide bonds. The van der Waals surface area contributed by atoms with Gasteiger partial charge < -0.3 is 29.6 Å². The molecule has 0 saturated carbocycles. The lowest BCUT2D eigenvalue weighted by Crippen LogP contribution is -2.44. The van der Waals surface area contributed by atoms with Crippen molar-refractivity contribution >= 4 is 8.80 Å². The van der Waals surface area contributed by atoms with Crippen molar-refractivity contribution in [2.24, 2.45) is 5.73 Å². The Bertz CT molecular complexity index is 215. The van der Waals surface area contributed by atoms with Gasteiger partial charge in [-0.15, -0.1) is 0 Å². The predicted octanol–water partition coefficient (Wildman–Crippen LogP) is -1.51. The van der Waals surface area contributed by atoms with Crippen molar-refractivity contribution in [3.63, 3.8) is 0 Å². The minimum Gasteiger partial charge on any atom is -0.377 e. The van der Waals surface area contributed by atoms with Crippen molar-refractivity contribution in [3.05, 3.63) is 0 Å². The van der Waals surface area contributed by atoms with Gasteiger partial charge in [-0.1, -0.05) is 0 Å². The lowest BCUT2D eigenvalue weighted by molar-refractivity contribution is 0.123. The smallest absolute Gasteiger partial charge is 0.377 e. The number of rotatable bonds is 16. The molecule has 8 nitrogen and oxygen atoms in total. The van der Waals surface area contributed by atoms with E-state index < -0.39 is 8.80 Å². The fourth-order valence-corrected chi connectivity index (χ4v) is 3.53. The summed E-state index contributed by atoms with van der Waals surface area (Å²) >= 11 is 0. The highest BCUT2D eigenvalue weighted by Gasteiger charge is 2.36. The second kappa shape index (κ2) is 14.8. The standard InChI is InChI=1S/C12H33N5O3Si/c1-18-21(19-2,20-3)12-4-6-16-17-11-10-15-9-8-14-7-5-13/h14-17H,4-13H2,1-3H3. The average Bonchev–Trinajstić information content (AvgIpc) is 2.53. The van der Waals surface area contributed by atoms with Crippen molar-refractivity contribution in [2.75, 3.05) is 67.1 Å². The maximum atomic E-state index is 5.38. The molecule has 0 aromatic rings. The number of hydrazine groups is 1. The molecule has 0 unspecified atom stereocenters. The van der Waals surface area contributed by atoms with Crippen molar-refractivity contribution in [1.29, 1.82) is 0 Å². The van der Waals surface area contributed by atoms with Gasteiger partial charge in [0, 0.05) is 73.2 Å². The van der Waals surface area contributed by atoms with Gasteiger partial charge in [-0.05, 0) is 6.42 Å². The third-order valence-corrected chi connectivity index (χ3v) is 5.90. The van der Waals surface area contributed by atoms with Crippen LogP contribution in [0.15, 0.2) is 0 Å². The van der Waals surface area contributed by atoms with Crippen LogP contribution in [0.5, 0.6) is 0 Å². The maximum absolute atomic E-state index is 5.38. The number of hydrogen-bond donors (Lipinski definition) is 5. The van der Waals surface area contributed by atoms with Crippen LogP contribution in [-0.2, 0) is 13.3 Å². The van der Waals surface area contributed by atoms with Gasteiger partial charge in [0.1, 0.15) is 0 Å². The number of nitrogens with one attached hydrogen (secondary N) is 4. The van der Waals surface area contributed by atoms with Crippen LogP contribution < -0.4 is 27.2 Å². The summed E-state index contributed by atoms with van der Waals surface area (Å²) in [5, 5.41) is 6.56. The van der Waals surface area contributed by atoms with Crippen LogP contribution in [0.3, 0.4) is 0 Å². The van der Waals surface area contributed by atoms with Gasteiger partial charge >= 0.3 is 8.80 Å². The Labute approximate surface area is 129 Å². The Balaban J connectivity index is 3.29. The van der Waals surface area contributed by atoms with E-state index in [1.807, 2.05) is 0 Å². The molecule has 6 N–H and O–H groups in total. The molecular formula is C12H33N5O3Si. The maximum Gasteiger partial charge on any atom is 0.500 e. The first-order chi connectivity index (χ1) is 10.2. The quantitative estimate of drug-likeness (QED) is 0.133. The van der Waals surface area contributed by atoms with Crippen molar-refractivity contribution in [2.45, 2.75) is 12.5 Å². The fourth-order valence-electron chi connectivity index (χ4n) is 1.81. The van der Waals surface area contributed by atoms with Crippen LogP contribution in [0.4, 0.5) is 0 Å². The van der Waals surface area contributed by atoms with Crippen molar-refractivity contribution < 1.29 is 13.3 Å². The number of nitrogens with two attached hydrogens (primary N) is 1. The first-order valence-corrected chi connectivity index (χ1v) is 9.40. The van der Waals surface area contributed by atoms with E-state index in [4.69, 9.17) is 19.0 Å². The number of hydrogen-bond acceptors (Lipinski definition) is 8. The minimum atomic E-state index is -2.41. The van der Waals surface area contributed by atoms with E-state index in [2.05, 4.69) is 21.5 Å².